The summed E-state index contributed by atoms with van der Waals surface area (Å²) in [6.45, 7) is 3.84. The van der Waals surface area contributed by atoms with Crippen molar-refractivity contribution < 1.29 is 23.1 Å². The molecular weight excluding hydrogens is 224 g/mol. The molecule has 0 heterocycles. The highest BCUT2D eigenvalue weighted by Gasteiger charge is 2.36. The summed E-state index contributed by atoms with van der Waals surface area (Å²) in [4.78, 5) is 11.3. The molecule has 0 aromatic rings. The first-order valence-corrected chi connectivity index (χ1v) is 5.72. The monoisotopic (exact) mass is 240 g/mol. The fraction of sp³-hybridized carbons (Fsp3) is 0.857. The smallest absolute Gasteiger partial charge is 0.425 e. The molecule has 0 bridgehead atoms. The highest BCUT2D eigenvalue weighted by molar-refractivity contribution is 7.87. The molecule has 90 valence electrons. The highest BCUT2D eigenvalue weighted by atomic mass is 32.2. The van der Waals surface area contributed by atoms with E-state index in [1.54, 1.807) is 0 Å². The lowest BCUT2D eigenvalue weighted by Crippen LogP contribution is -2.52. The Morgan fingerprint density at radius 2 is 1.93 bits per heavy atom. The van der Waals surface area contributed by atoms with Crippen LogP contribution >= 0.6 is 0 Å². The van der Waals surface area contributed by atoms with Crippen molar-refractivity contribution in [3.8, 4) is 0 Å². The van der Waals surface area contributed by atoms with Gasteiger partial charge in [0.05, 0.1) is 12.1 Å². The maximum atomic E-state index is 11.3. The van der Waals surface area contributed by atoms with E-state index in [0.29, 0.717) is 4.31 Å². The summed E-state index contributed by atoms with van der Waals surface area (Å²) in [6.07, 6.45) is -1.10. The summed E-state index contributed by atoms with van der Waals surface area (Å²) >= 11 is 0. The second kappa shape index (κ2) is 4.77. The minimum absolute atomic E-state index is 0.277. The van der Waals surface area contributed by atoms with Crippen LogP contribution in [0, 0.1) is 0 Å². The Morgan fingerprint density at radius 1 is 1.47 bits per heavy atom. The lowest BCUT2D eigenvalue weighted by Gasteiger charge is -2.31. The molecule has 7 nitrogen and oxygen atoms in total. The number of amides is 1. The Balaban J connectivity index is 4.91. The van der Waals surface area contributed by atoms with Gasteiger partial charge in [-0.2, -0.15) is 12.7 Å². The zero-order valence-electron chi connectivity index (χ0n) is 8.93. The Labute approximate surface area is 89.0 Å². The van der Waals surface area contributed by atoms with Crippen molar-refractivity contribution in [1.82, 2.24) is 4.31 Å². The van der Waals surface area contributed by atoms with Crippen molar-refractivity contribution in [2.24, 2.45) is 5.14 Å². The predicted molar refractivity (Wildman–Crippen MR) is 53.1 cm³/mol. The molecule has 0 unspecified atom stereocenters. The van der Waals surface area contributed by atoms with E-state index in [2.05, 4.69) is 4.74 Å². The molecule has 0 spiro atoms. The van der Waals surface area contributed by atoms with E-state index in [0.717, 1.165) is 0 Å². The zero-order valence-corrected chi connectivity index (χ0v) is 9.74. The van der Waals surface area contributed by atoms with Gasteiger partial charge in [-0.05, 0) is 20.8 Å². The van der Waals surface area contributed by atoms with Gasteiger partial charge in [0.1, 0.15) is 6.61 Å². The molecule has 0 rings (SSSR count). The minimum atomic E-state index is -4.18. The maximum absolute atomic E-state index is 11.3. The number of hydrogen-bond acceptors (Lipinski definition) is 5. The van der Waals surface area contributed by atoms with E-state index in [9.17, 15) is 13.2 Å². The number of nitrogens with zero attached hydrogens (tertiary/aromatic N) is 1. The number of aliphatic hydroxyl groups is 1. The first-order valence-electron chi connectivity index (χ1n) is 4.21. The number of nitrogens with two attached hydrogens (primary N) is 1. The van der Waals surface area contributed by atoms with Crippen molar-refractivity contribution in [1.29, 1.82) is 0 Å². The average Bonchev–Trinajstić information content (AvgIpc) is 1.94. The van der Waals surface area contributed by atoms with Gasteiger partial charge in [-0.25, -0.2) is 9.93 Å². The number of ether oxygens (including phenoxy) is 1. The summed E-state index contributed by atoms with van der Waals surface area (Å²) in [5.74, 6) is 0. The zero-order chi connectivity index (χ0) is 12.3. The topological polar surface area (TPSA) is 110 Å². The number of hydrogen-bond donors (Lipinski definition) is 2. The van der Waals surface area contributed by atoms with Gasteiger partial charge in [-0.15, -0.1) is 0 Å². The third-order valence-electron chi connectivity index (χ3n) is 1.35. The summed E-state index contributed by atoms with van der Waals surface area (Å²) < 4.78 is 27.2. The van der Waals surface area contributed by atoms with Gasteiger partial charge in [-0.1, -0.05) is 0 Å². The molecule has 1 amide bonds. The number of carbonyl (C=O) groups excluding carboxylic acids is 1. The van der Waals surface area contributed by atoms with E-state index in [-0.39, 0.29) is 13.2 Å². The SMILES string of the molecule is CC(C)(C)N(C(=O)OCCO)S(N)(=O)=O. The molecule has 0 aliphatic rings. The summed E-state index contributed by atoms with van der Waals surface area (Å²) in [7, 11) is -4.18. The van der Waals surface area contributed by atoms with E-state index in [1.165, 1.54) is 20.8 Å². The van der Waals surface area contributed by atoms with Crippen LogP contribution in [0.2, 0.25) is 0 Å². The molecule has 0 fully saturated rings. The van der Waals surface area contributed by atoms with Crippen LogP contribution in [0.25, 0.3) is 0 Å². The molecule has 0 aliphatic carbocycles. The lowest BCUT2D eigenvalue weighted by molar-refractivity contribution is 0.0867. The predicted octanol–water partition coefficient (Wildman–Crippen LogP) is -0.581. The van der Waals surface area contributed by atoms with E-state index in [1.807, 2.05) is 0 Å². The van der Waals surface area contributed by atoms with Gasteiger partial charge < -0.3 is 9.84 Å². The fourth-order valence-electron chi connectivity index (χ4n) is 0.951. The van der Waals surface area contributed by atoms with Crippen molar-refractivity contribution >= 4 is 16.3 Å². The molecule has 0 aromatic carbocycles. The van der Waals surface area contributed by atoms with Crippen LogP contribution in [0.5, 0.6) is 0 Å². The van der Waals surface area contributed by atoms with Gasteiger partial charge >= 0.3 is 16.3 Å². The molecule has 8 heteroatoms. The Bertz CT molecular complexity index is 319. The number of aliphatic hydroxyl groups excluding tert-OH is 1. The Morgan fingerprint density at radius 3 is 2.20 bits per heavy atom. The van der Waals surface area contributed by atoms with Crippen LogP contribution < -0.4 is 5.14 Å². The minimum Gasteiger partial charge on any atom is -0.446 e. The third-order valence-corrected chi connectivity index (χ3v) is 2.55. The molecular formula is C7H16N2O5S. The van der Waals surface area contributed by atoms with Crippen molar-refractivity contribution in [3.05, 3.63) is 0 Å². The van der Waals surface area contributed by atoms with Gasteiger partial charge in [0.15, 0.2) is 0 Å². The highest BCUT2D eigenvalue weighted by Crippen LogP contribution is 2.17. The molecule has 15 heavy (non-hydrogen) atoms. The Kier molecular flexibility index (Phi) is 4.50. The Hall–Kier alpha value is -0.860. The maximum Gasteiger partial charge on any atom is 0.425 e. The second-order valence-electron chi connectivity index (χ2n) is 3.82. The van der Waals surface area contributed by atoms with Crippen LogP contribution in [-0.4, -0.2) is 42.7 Å². The molecule has 0 atom stereocenters. The van der Waals surface area contributed by atoms with Gasteiger partial charge in [0.25, 0.3) is 0 Å². The molecule has 0 saturated heterocycles. The van der Waals surface area contributed by atoms with Crippen LogP contribution in [0.1, 0.15) is 20.8 Å². The third kappa shape index (κ3) is 4.45. The normalized spacial score (nSPS) is 12.3. The molecule has 0 radical (unpaired) electrons. The van der Waals surface area contributed by atoms with Crippen molar-refractivity contribution in [2.75, 3.05) is 13.2 Å². The number of carbonyl (C=O) groups is 1. The summed E-state index contributed by atoms with van der Waals surface area (Å²) in [6, 6.07) is 0. The molecule has 0 saturated carbocycles. The standard InChI is InChI=1S/C7H16N2O5S/c1-7(2,3)9(15(8,12)13)6(11)14-5-4-10/h10H,4-5H2,1-3H3,(H2,8,12,13). The van der Waals surface area contributed by atoms with Gasteiger partial charge in [0, 0.05) is 0 Å². The van der Waals surface area contributed by atoms with Crippen LogP contribution in [-0.2, 0) is 14.9 Å². The molecule has 0 aliphatic heterocycles. The first-order chi connectivity index (χ1) is 6.60. The second-order valence-corrected chi connectivity index (χ2v) is 5.21. The summed E-state index contributed by atoms with van der Waals surface area (Å²) in [5.41, 5.74) is -1.01. The first kappa shape index (κ1) is 14.1. The van der Waals surface area contributed by atoms with E-state index >= 15 is 0 Å². The summed E-state index contributed by atoms with van der Waals surface area (Å²) in [5, 5.41) is 13.3. The number of rotatable bonds is 3. The lowest BCUT2D eigenvalue weighted by atomic mass is 10.1. The average molecular weight is 240 g/mol. The van der Waals surface area contributed by atoms with E-state index in [4.69, 9.17) is 10.2 Å². The quantitative estimate of drug-likeness (QED) is 0.685. The van der Waals surface area contributed by atoms with Crippen LogP contribution in [0.15, 0.2) is 0 Å². The van der Waals surface area contributed by atoms with Crippen LogP contribution in [0.4, 0.5) is 4.79 Å². The fourth-order valence-corrected chi connectivity index (χ4v) is 1.97. The molecule has 3 N–H and O–H groups in total. The largest absolute Gasteiger partial charge is 0.446 e. The van der Waals surface area contributed by atoms with Crippen molar-refractivity contribution in [2.45, 2.75) is 26.3 Å². The van der Waals surface area contributed by atoms with Gasteiger partial charge in [-0.3, -0.25) is 0 Å². The van der Waals surface area contributed by atoms with E-state index < -0.39 is 21.8 Å². The van der Waals surface area contributed by atoms with Gasteiger partial charge in [0.2, 0.25) is 0 Å². The molecule has 0 aromatic heterocycles. The van der Waals surface area contributed by atoms with Crippen LogP contribution in [0.3, 0.4) is 0 Å². The van der Waals surface area contributed by atoms with Crippen molar-refractivity contribution in [3.63, 3.8) is 0 Å².